The fraction of sp³-hybridized carbons (Fsp3) is 0.385. The van der Waals surface area contributed by atoms with E-state index in [0.29, 0.717) is 19.0 Å². The number of rotatable bonds is 5. The lowest BCUT2D eigenvalue weighted by Gasteiger charge is -2.18. The average molecular weight is 263 g/mol. The highest BCUT2D eigenvalue weighted by Gasteiger charge is 2.14. The summed E-state index contributed by atoms with van der Waals surface area (Å²) in [6.45, 7) is 2.71. The first kappa shape index (κ1) is 13.5. The van der Waals surface area contributed by atoms with Crippen LogP contribution >= 0.6 is 0 Å². The van der Waals surface area contributed by atoms with Crippen LogP contribution in [0.25, 0.3) is 11.1 Å². The fourth-order valence-corrected chi connectivity index (χ4v) is 1.98. The minimum absolute atomic E-state index is 0.297. The lowest BCUT2D eigenvalue weighted by molar-refractivity contribution is -0.138. The van der Waals surface area contributed by atoms with E-state index < -0.39 is 12.0 Å². The van der Waals surface area contributed by atoms with E-state index in [0.717, 1.165) is 16.7 Å². The number of fused-ring (bicyclic) bond motifs is 1. The molecule has 1 aromatic heterocycles. The number of aryl methyl sites for hydroxylation is 1. The molecule has 3 N–H and O–H groups in total. The monoisotopic (exact) mass is 263 g/mol. The van der Waals surface area contributed by atoms with E-state index in [1.807, 2.05) is 30.1 Å². The molecule has 0 radical (unpaired) electrons. The Morgan fingerprint density at radius 2 is 2.32 bits per heavy atom. The van der Waals surface area contributed by atoms with Gasteiger partial charge in [0.2, 0.25) is 0 Å². The van der Waals surface area contributed by atoms with Gasteiger partial charge in [-0.2, -0.15) is 0 Å². The summed E-state index contributed by atoms with van der Waals surface area (Å²) in [5.41, 5.74) is 8.11. The third-order valence-electron chi connectivity index (χ3n) is 2.84. The van der Waals surface area contributed by atoms with Crippen molar-refractivity contribution < 1.29 is 14.3 Å². The molecule has 1 heterocycles. The normalized spacial score (nSPS) is 13.1. The van der Waals surface area contributed by atoms with Crippen LogP contribution in [0, 0.1) is 6.92 Å². The predicted octanol–water partition coefficient (Wildman–Crippen LogP) is 0.980. The molecule has 0 aliphatic rings. The molecule has 2 rings (SSSR count). The number of hydrogen-bond acceptors (Lipinski definition) is 5. The summed E-state index contributed by atoms with van der Waals surface area (Å²) >= 11 is 0. The lowest BCUT2D eigenvalue weighted by Crippen LogP contribution is -2.40. The third-order valence-corrected chi connectivity index (χ3v) is 2.84. The first-order chi connectivity index (χ1) is 8.95. The highest BCUT2D eigenvalue weighted by molar-refractivity contribution is 5.74. The molecule has 102 valence electrons. The van der Waals surface area contributed by atoms with Crippen molar-refractivity contribution in [2.45, 2.75) is 19.5 Å². The van der Waals surface area contributed by atoms with Gasteiger partial charge in [-0.1, -0.05) is 6.07 Å². The lowest BCUT2D eigenvalue weighted by atomic mass is 10.2. The standard InChI is InChI=1S/C13H17N3O3/c1-8-15-11-5-9(3-4-12(11)19-8)6-16(2)7-10(14)13(17)18/h3-5,10H,6-7,14H2,1-2H3,(H,17,18). The van der Waals surface area contributed by atoms with Gasteiger partial charge >= 0.3 is 5.97 Å². The zero-order valence-electron chi connectivity index (χ0n) is 11.0. The number of nitrogens with zero attached hydrogens (tertiary/aromatic N) is 2. The van der Waals surface area contributed by atoms with Gasteiger partial charge in [0.1, 0.15) is 11.6 Å². The number of oxazole rings is 1. The van der Waals surface area contributed by atoms with Gasteiger partial charge in [0.05, 0.1) is 0 Å². The molecule has 0 spiro atoms. The van der Waals surface area contributed by atoms with Gasteiger partial charge in [0.15, 0.2) is 11.5 Å². The van der Waals surface area contributed by atoms with Crippen LogP contribution in [0.1, 0.15) is 11.5 Å². The minimum Gasteiger partial charge on any atom is -0.480 e. The summed E-state index contributed by atoms with van der Waals surface area (Å²) < 4.78 is 5.40. The van der Waals surface area contributed by atoms with Crippen molar-refractivity contribution in [3.05, 3.63) is 29.7 Å². The Morgan fingerprint density at radius 3 is 3.00 bits per heavy atom. The van der Waals surface area contributed by atoms with Crippen molar-refractivity contribution in [3.63, 3.8) is 0 Å². The quantitative estimate of drug-likeness (QED) is 0.835. The number of benzene rings is 1. The molecular weight excluding hydrogens is 246 g/mol. The molecule has 0 saturated carbocycles. The van der Waals surface area contributed by atoms with Gasteiger partial charge in [-0.25, -0.2) is 4.98 Å². The van der Waals surface area contributed by atoms with E-state index in [-0.39, 0.29) is 0 Å². The number of carbonyl (C=O) groups is 1. The van der Waals surface area contributed by atoms with E-state index in [1.165, 1.54) is 0 Å². The van der Waals surface area contributed by atoms with E-state index in [2.05, 4.69) is 4.98 Å². The minimum atomic E-state index is -0.991. The largest absolute Gasteiger partial charge is 0.480 e. The van der Waals surface area contributed by atoms with Crippen molar-refractivity contribution in [1.29, 1.82) is 0 Å². The van der Waals surface area contributed by atoms with Crippen LogP contribution in [0.15, 0.2) is 22.6 Å². The number of aromatic nitrogens is 1. The van der Waals surface area contributed by atoms with Crippen LogP contribution < -0.4 is 5.73 Å². The van der Waals surface area contributed by atoms with E-state index in [1.54, 1.807) is 6.92 Å². The van der Waals surface area contributed by atoms with Crippen molar-refractivity contribution in [1.82, 2.24) is 9.88 Å². The molecule has 0 saturated heterocycles. The van der Waals surface area contributed by atoms with Crippen molar-refractivity contribution in [3.8, 4) is 0 Å². The Hall–Kier alpha value is -1.92. The maximum Gasteiger partial charge on any atom is 0.321 e. The molecule has 0 aliphatic heterocycles. The first-order valence-corrected chi connectivity index (χ1v) is 5.98. The van der Waals surface area contributed by atoms with Crippen LogP contribution in [0.4, 0.5) is 0 Å². The maximum atomic E-state index is 10.7. The summed E-state index contributed by atoms with van der Waals surface area (Å²) in [6.07, 6.45) is 0. The molecule has 0 fully saturated rings. The summed E-state index contributed by atoms with van der Waals surface area (Å²) in [7, 11) is 1.83. The zero-order chi connectivity index (χ0) is 14.0. The second kappa shape index (κ2) is 5.38. The number of carboxylic acid groups (broad SMARTS) is 1. The number of hydrogen-bond donors (Lipinski definition) is 2. The van der Waals surface area contributed by atoms with Crippen LogP contribution in [0.3, 0.4) is 0 Å². The van der Waals surface area contributed by atoms with Crippen molar-refractivity contribution in [2.24, 2.45) is 5.73 Å². The van der Waals surface area contributed by atoms with E-state index in [9.17, 15) is 4.79 Å². The van der Waals surface area contributed by atoms with Crippen LogP contribution in [-0.4, -0.2) is 40.6 Å². The molecule has 0 aliphatic carbocycles. The summed E-state index contributed by atoms with van der Waals surface area (Å²) in [6, 6.07) is 4.88. The molecule has 6 heteroatoms. The Balaban J connectivity index is 2.06. The predicted molar refractivity (Wildman–Crippen MR) is 70.7 cm³/mol. The molecule has 1 aromatic carbocycles. The van der Waals surface area contributed by atoms with Gasteiger partial charge < -0.3 is 15.3 Å². The summed E-state index contributed by atoms with van der Waals surface area (Å²) in [4.78, 5) is 16.8. The molecule has 6 nitrogen and oxygen atoms in total. The number of carboxylic acids is 1. The maximum absolute atomic E-state index is 10.7. The van der Waals surface area contributed by atoms with Gasteiger partial charge in [-0.3, -0.25) is 9.69 Å². The highest BCUT2D eigenvalue weighted by atomic mass is 16.4. The Labute approximate surface area is 110 Å². The van der Waals surface area contributed by atoms with Gasteiger partial charge in [0, 0.05) is 20.0 Å². The Kier molecular flexibility index (Phi) is 3.82. The van der Waals surface area contributed by atoms with E-state index in [4.69, 9.17) is 15.3 Å². The SMILES string of the molecule is Cc1nc2cc(CN(C)CC(N)C(=O)O)ccc2o1. The topological polar surface area (TPSA) is 92.6 Å². The van der Waals surface area contributed by atoms with Crippen LogP contribution in [0.5, 0.6) is 0 Å². The van der Waals surface area contributed by atoms with Crippen molar-refractivity contribution >= 4 is 17.1 Å². The molecular formula is C13H17N3O3. The first-order valence-electron chi connectivity index (χ1n) is 5.98. The van der Waals surface area contributed by atoms with Gasteiger partial charge in [-0.05, 0) is 24.7 Å². The molecule has 2 aromatic rings. The number of nitrogens with two attached hydrogens (primary N) is 1. The van der Waals surface area contributed by atoms with Crippen molar-refractivity contribution in [2.75, 3.05) is 13.6 Å². The van der Waals surface area contributed by atoms with E-state index >= 15 is 0 Å². The van der Waals surface area contributed by atoms with Gasteiger partial charge in [-0.15, -0.1) is 0 Å². The van der Waals surface area contributed by atoms with Crippen LogP contribution in [-0.2, 0) is 11.3 Å². The number of likely N-dealkylation sites (N-methyl/N-ethyl adjacent to an activating group) is 1. The summed E-state index contributed by atoms with van der Waals surface area (Å²) in [5.74, 6) is -0.358. The molecule has 0 bridgehead atoms. The average Bonchev–Trinajstić information content (AvgIpc) is 2.68. The van der Waals surface area contributed by atoms with Crippen LogP contribution in [0.2, 0.25) is 0 Å². The van der Waals surface area contributed by atoms with Gasteiger partial charge in [0.25, 0.3) is 0 Å². The fourth-order valence-electron chi connectivity index (χ4n) is 1.98. The smallest absolute Gasteiger partial charge is 0.321 e. The second-order valence-corrected chi connectivity index (χ2v) is 4.68. The molecule has 1 unspecified atom stereocenters. The Morgan fingerprint density at radius 1 is 1.58 bits per heavy atom. The third kappa shape index (κ3) is 3.30. The number of aliphatic carboxylic acids is 1. The second-order valence-electron chi connectivity index (χ2n) is 4.68. The molecule has 0 amide bonds. The molecule has 19 heavy (non-hydrogen) atoms. The molecule has 1 atom stereocenters. The zero-order valence-corrected chi connectivity index (χ0v) is 11.0. The highest BCUT2D eigenvalue weighted by Crippen LogP contribution is 2.17. The summed E-state index contributed by atoms with van der Waals surface area (Å²) in [5, 5.41) is 8.77. The Bertz CT molecular complexity index is 594.